The SMILES string of the molecule is C#C[Si](C#C)(C#C)c1cccc2ccccc12. The molecule has 17 heavy (non-hydrogen) atoms. The summed E-state index contributed by atoms with van der Waals surface area (Å²) in [6, 6.07) is 13.9. The Morgan fingerprint density at radius 1 is 0.765 bits per heavy atom. The molecule has 0 aliphatic carbocycles. The van der Waals surface area contributed by atoms with Crippen LogP contribution in [0.15, 0.2) is 42.5 Å². The van der Waals surface area contributed by atoms with Crippen LogP contribution in [-0.2, 0) is 0 Å². The van der Waals surface area contributed by atoms with Crippen LogP contribution in [0.4, 0.5) is 0 Å². The van der Waals surface area contributed by atoms with Crippen molar-refractivity contribution in [3.8, 4) is 35.9 Å². The van der Waals surface area contributed by atoms with Gasteiger partial charge in [0.05, 0.1) is 0 Å². The van der Waals surface area contributed by atoms with Gasteiger partial charge in [0, 0.05) is 0 Å². The van der Waals surface area contributed by atoms with E-state index in [1.807, 2.05) is 42.5 Å². The Kier molecular flexibility index (Phi) is 2.76. The molecule has 0 saturated carbocycles. The third-order valence-electron chi connectivity index (χ3n) is 2.84. The summed E-state index contributed by atoms with van der Waals surface area (Å²) in [7, 11) is -2.67. The topological polar surface area (TPSA) is 0 Å². The lowest BCUT2D eigenvalue weighted by atomic mass is 10.1. The maximum absolute atomic E-state index is 5.58. The highest BCUT2D eigenvalue weighted by molar-refractivity contribution is 7.11. The highest BCUT2D eigenvalue weighted by Crippen LogP contribution is 2.14. The molecule has 0 saturated heterocycles. The van der Waals surface area contributed by atoms with Gasteiger partial charge in [0.1, 0.15) is 0 Å². The zero-order chi connectivity index (χ0) is 12.3. The van der Waals surface area contributed by atoms with Crippen LogP contribution in [0.2, 0.25) is 0 Å². The highest BCUT2D eigenvalue weighted by Gasteiger charge is 2.30. The largest absolute Gasteiger partial charge is 0.321 e. The van der Waals surface area contributed by atoms with E-state index in [1.165, 1.54) is 0 Å². The van der Waals surface area contributed by atoms with Gasteiger partial charge in [0.25, 0.3) is 0 Å². The van der Waals surface area contributed by atoms with E-state index in [0.29, 0.717) is 0 Å². The van der Waals surface area contributed by atoms with E-state index < -0.39 is 8.07 Å². The Morgan fingerprint density at radius 2 is 1.35 bits per heavy atom. The molecule has 1 heteroatoms. The molecular formula is C16H10Si. The van der Waals surface area contributed by atoms with Crippen LogP contribution in [0, 0.1) is 35.9 Å². The van der Waals surface area contributed by atoms with E-state index in [4.69, 9.17) is 19.3 Å². The van der Waals surface area contributed by atoms with Crippen LogP contribution in [-0.4, -0.2) is 8.07 Å². The molecule has 0 fully saturated rings. The fourth-order valence-corrected chi connectivity index (χ4v) is 3.61. The van der Waals surface area contributed by atoms with Gasteiger partial charge >= 0.3 is 8.07 Å². The normalized spacial score (nSPS) is 10.2. The van der Waals surface area contributed by atoms with E-state index >= 15 is 0 Å². The van der Waals surface area contributed by atoms with Crippen molar-refractivity contribution < 1.29 is 0 Å². The molecule has 0 aliphatic heterocycles. The summed E-state index contributed by atoms with van der Waals surface area (Å²) in [6.07, 6.45) is 16.7. The first-order chi connectivity index (χ1) is 8.27. The van der Waals surface area contributed by atoms with Crippen LogP contribution < -0.4 is 5.19 Å². The summed E-state index contributed by atoms with van der Waals surface area (Å²) in [6.45, 7) is 0. The van der Waals surface area contributed by atoms with Crippen molar-refractivity contribution in [2.45, 2.75) is 0 Å². The molecule has 0 aromatic heterocycles. The van der Waals surface area contributed by atoms with Gasteiger partial charge in [0.15, 0.2) is 0 Å². The summed E-state index contributed by atoms with van der Waals surface area (Å²) < 4.78 is 0. The minimum absolute atomic E-state index is 0.961. The molecule has 2 aromatic rings. The molecule has 0 atom stereocenters. The Hall–Kier alpha value is -2.40. The van der Waals surface area contributed by atoms with Crippen molar-refractivity contribution >= 4 is 24.0 Å². The quantitative estimate of drug-likeness (QED) is 0.519. The first-order valence-corrected chi connectivity index (χ1v) is 7.19. The number of fused-ring (bicyclic) bond motifs is 1. The minimum atomic E-state index is -2.67. The van der Waals surface area contributed by atoms with Gasteiger partial charge in [-0.2, -0.15) is 0 Å². The second-order valence-electron chi connectivity index (χ2n) is 3.71. The number of rotatable bonds is 1. The molecule has 0 spiro atoms. The van der Waals surface area contributed by atoms with Gasteiger partial charge in [-0.05, 0) is 16.0 Å². The third kappa shape index (κ3) is 1.62. The minimum Gasteiger partial charge on any atom is -0.124 e. The van der Waals surface area contributed by atoms with E-state index in [-0.39, 0.29) is 0 Å². The zero-order valence-corrected chi connectivity index (χ0v) is 10.3. The first-order valence-electron chi connectivity index (χ1n) is 5.19. The zero-order valence-electron chi connectivity index (χ0n) is 9.27. The van der Waals surface area contributed by atoms with Crippen molar-refractivity contribution in [1.29, 1.82) is 0 Å². The van der Waals surface area contributed by atoms with Gasteiger partial charge in [0.2, 0.25) is 0 Å². The van der Waals surface area contributed by atoms with Crippen LogP contribution in [0.1, 0.15) is 0 Å². The first kappa shape index (κ1) is 11.1. The van der Waals surface area contributed by atoms with Crippen molar-refractivity contribution in [3.05, 3.63) is 42.5 Å². The van der Waals surface area contributed by atoms with E-state index in [9.17, 15) is 0 Å². The number of benzene rings is 2. The van der Waals surface area contributed by atoms with E-state index in [1.54, 1.807) is 0 Å². The lowest BCUT2D eigenvalue weighted by molar-refractivity contribution is 1.77. The van der Waals surface area contributed by atoms with E-state index in [2.05, 4.69) is 16.6 Å². The maximum Gasteiger partial charge on any atom is 0.321 e. The molecule has 0 unspecified atom stereocenters. The van der Waals surface area contributed by atoms with Gasteiger partial charge in [-0.15, -0.1) is 19.3 Å². The third-order valence-corrected chi connectivity index (χ3v) is 5.39. The Morgan fingerprint density at radius 3 is 2.00 bits per heavy atom. The molecule has 0 nitrogen and oxygen atoms in total. The highest BCUT2D eigenvalue weighted by atomic mass is 28.3. The summed E-state index contributed by atoms with van der Waals surface area (Å²) >= 11 is 0. The van der Waals surface area contributed by atoms with Crippen molar-refractivity contribution in [1.82, 2.24) is 0 Å². The number of hydrogen-bond donors (Lipinski definition) is 0. The summed E-state index contributed by atoms with van der Waals surface area (Å²) in [5.74, 6) is 0. The molecule has 2 aromatic carbocycles. The fourth-order valence-electron chi connectivity index (χ4n) is 1.91. The maximum atomic E-state index is 5.58. The number of hydrogen-bond acceptors (Lipinski definition) is 0. The van der Waals surface area contributed by atoms with Crippen molar-refractivity contribution in [3.63, 3.8) is 0 Å². The predicted molar refractivity (Wildman–Crippen MR) is 75.8 cm³/mol. The molecule has 0 amide bonds. The standard InChI is InChI=1S/C16H10Si/c1-4-17(5-2,6-3)16-13-9-11-14-10-7-8-12-15(14)16/h1-3,7-13H. The Bertz CT molecular complexity index is 648. The molecule has 0 radical (unpaired) electrons. The second-order valence-corrected chi connectivity index (χ2v) is 6.61. The predicted octanol–water partition coefficient (Wildman–Crippen LogP) is 2.01. The molecule has 78 valence electrons. The molecular weight excluding hydrogens is 220 g/mol. The average Bonchev–Trinajstić information content (AvgIpc) is 2.41. The van der Waals surface area contributed by atoms with Crippen LogP contribution in [0.3, 0.4) is 0 Å². The molecule has 0 N–H and O–H groups in total. The molecule has 0 bridgehead atoms. The van der Waals surface area contributed by atoms with E-state index in [0.717, 1.165) is 16.0 Å². The average molecular weight is 230 g/mol. The molecule has 2 rings (SSSR count). The molecule has 0 heterocycles. The van der Waals surface area contributed by atoms with Crippen LogP contribution >= 0.6 is 0 Å². The van der Waals surface area contributed by atoms with Gasteiger partial charge in [-0.1, -0.05) is 59.1 Å². The summed E-state index contributed by atoms with van der Waals surface area (Å²) in [4.78, 5) is 0. The van der Waals surface area contributed by atoms with Gasteiger partial charge < -0.3 is 0 Å². The lowest BCUT2D eigenvalue weighted by Gasteiger charge is -2.15. The second kappa shape index (κ2) is 4.23. The monoisotopic (exact) mass is 230 g/mol. The van der Waals surface area contributed by atoms with Gasteiger partial charge in [-0.25, -0.2) is 0 Å². The fraction of sp³-hybridized carbons (Fsp3) is 0. The summed E-state index contributed by atoms with van der Waals surface area (Å²) in [5, 5.41) is 3.14. The summed E-state index contributed by atoms with van der Waals surface area (Å²) in [5.41, 5.74) is 8.07. The smallest absolute Gasteiger partial charge is 0.124 e. The molecule has 0 aliphatic rings. The van der Waals surface area contributed by atoms with Crippen LogP contribution in [0.5, 0.6) is 0 Å². The number of terminal acetylenes is 3. The van der Waals surface area contributed by atoms with Crippen LogP contribution in [0.25, 0.3) is 10.8 Å². The lowest BCUT2D eigenvalue weighted by Crippen LogP contribution is -2.45. The van der Waals surface area contributed by atoms with Crippen molar-refractivity contribution in [2.75, 3.05) is 0 Å². The Balaban J connectivity index is 2.87. The van der Waals surface area contributed by atoms with Gasteiger partial charge in [-0.3, -0.25) is 0 Å². The van der Waals surface area contributed by atoms with Crippen molar-refractivity contribution in [2.24, 2.45) is 0 Å². The Labute approximate surface area is 103 Å².